The molecule has 0 aliphatic rings. The van der Waals surface area contributed by atoms with Crippen molar-refractivity contribution in [2.24, 2.45) is 5.41 Å². The molecule has 0 fully saturated rings. The van der Waals surface area contributed by atoms with Crippen LogP contribution in [0.25, 0.3) is 0 Å². The molecule has 0 aromatic heterocycles. The van der Waals surface area contributed by atoms with Crippen molar-refractivity contribution in [3.63, 3.8) is 0 Å². The van der Waals surface area contributed by atoms with Crippen LogP contribution in [0.1, 0.15) is 60.8 Å². The smallest absolute Gasteiger partial charge is 0.243 e. The van der Waals surface area contributed by atoms with Gasteiger partial charge in [0.25, 0.3) is 0 Å². The highest BCUT2D eigenvalue weighted by Crippen LogP contribution is 2.28. The Morgan fingerprint density at radius 1 is 1.14 bits per heavy atom. The third kappa shape index (κ3) is 9.34. The van der Waals surface area contributed by atoms with Crippen molar-refractivity contribution in [2.45, 2.75) is 60.8 Å². The molecule has 0 spiro atoms. The lowest BCUT2D eigenvalue weighted by atomic mass is 9.96. The Bertz CT molecular complexity index is 420. The normalized spacial score (nSPS) is 13.0. The van der Waals surface area contributed by atoms with Crippen LogP contribution in [-0.4, -0.2) is 11.8 Å². The monoisotopic (exact) mass is 312 g/mol. The van der Waals surface area contributed by atoms with Crippen molar-refractivity contribution in [3.8, 4) is 0 Å². The van der Waals surface area contributed by atoms with E-state index in [1.165, 1.54) is 4.91 Å². The van der Waals surface area contributed by atoms with Crippen molar-refractivity contribution in [2.75, 3.05) is 0 Å². The maximum absolute atomic E-state index is 11.7. The van der Waals surface area contributed by atoms with E-state index in [2.05, 4.69) is 30.8 Å². The molecule has 0 aliphatic heterocycles. The first-order valence-corrected chi connectivity index (χ1v) is 8.11. The van der Waals surface area contributed by atoms with Crippen molar-refractivity contribution in [1.29, 1.82) is 0 Å². The molecule has 0 saturated heterocycles. The quantitative estimate of drug-likeness (QED) is 0.731. The number of rotatable bonds is 6. The summed E-state index contributed by atoms with van der Waals surface area (Å²) < 4.78 is 0. The number of hydrogen-bond donors (Lipinski definition) is 2. The van der Waals surface area contributed by atoms with E-state index in [1.807, 2.05) is 13.0 Å². The predicted octanol–water partition coefficient (Wildman–Crippen LogP) is 3.91. The fourth-order valence-corrected chi connectivity index (χ4v) is 2.39. The van der Waals surface area contributed by atoms with Crippen molar-refractivity contribution in [1.82, 2.24) is 10.9 Å². The number of thioether (sulfide) groups is 1. The molecule has 2 N–H and O–H groups in total. The predicted molar refractivity (Wildman–Crippen MR) is 90.4 cm³/mol. The Balaban J connectivity index is 4.18. The summed E-state index contributed by atoms with van der Waals surface area (Å²) in [6.07, 6.45) is 6.23. The van der Waals surface area contributed by atoms with Gasteiger partial charge in [0, 0.05) is 11.8 Å². The third-order valence-corrected chi connectivity index (χ3v) is 3.89. The van der Waals surface area contributed by atoms with Gasteiger partial charge in [0.1, 0.15) is 0 Å². The Labute approximate surface area is 132 Å². The molecule has 21 heavy (non-hydrogen) atoms. The molecule has 5 heteroatoms. The molecule has 0 aromatic carbocycles. The van der Waals surface area contributed by atoms with E-state index >= 15 is 0 Å². The van der Waals surface area contributed by atoms with Crippen LogP contribution < -0.4 is 10.9 Å². The van der Waals surface area contributed by atoms with Gasteiger partial charge in [0.05, 0.1) is 0 Å². The molecule has 0 aliphatic carbocycles. The maximum Gasteiger partial charge on any atom is 0.243 e. The lowest BCUT2D eigenvalue weighted by Gasteiger charge is -2.18. The fraction of sp³-hybridized carbons (Fsp3) is 0.625. The number of carbonyl (C=O) groups excluding carboxylic acids is 2. The second-order valence-electron chi connectivity index (χ2n) is 5.83. The van der Waals surface area contributed by atoms with Gasteiger partial charge in [0.15, 0.2) is 0 Å². The Morgan fingerprint density at radius 3 is 2.24 bits per heavy atom. The molecule has 2 amide bonds. The Kier molecular flexibility index (Phi) is 9.09. The molecular formula is C16H28N2O2S. The summed E-state index contributed by atoms with van der Waals surface area (Å²) >= 11 is 1.69. The Morgan fingerprint density at radius 2 is 1.76 bits per heavy atom. The first-order valence-electron chi connectivity index (χ1n) is 7.29. The van der Waals surface area contributed by atoms with Gasteiger partial charge in [-0.3, -0.25) is 20.4 Å². The highest BCUT2D eigenvalue weighted by atomic mass is 32.2. The highest BCUT2D eigenvalue weighted by Gasteiger charge is 2.21. The average molecular weight is 312 g/mol. The van der Waals surface area contributed by atoms with Gasteiger partial charge >= 0.3 is 0 Å². The van der Waals surface area contributed by atoms with Crippen LogP contribution in [0.4, 0.5) is 0 Å². The molecule has 0 atom stereocenters. The average Bonchev–Trinajstić information content (AvgIpc) is 2.39. The zero-order valence-electron chi connectivity index (χ0n) is 14.0. The van der Waals surface area contributed by atoms with Crippen LogP contribution in [-0.2, 0) is 9.59 Å². The summed E-state index contributed by atoms with van der Waals surface area (Å²) in [7, 11) is 0. The molecular weight excluding hydrogens is 284 g/mol. The van der Waals surface area contributed by atoms with E-state index in [9.17, 15) is 9.59 Å². The standard InChI is InChI=1S/C16H28N2O2S/c1-7-9-12(3)21-13(8-2)10-11-14(19)17-18-15(20)16(4,5)6/h8-9H,7,10-11H2,1-6H3,(H,17,19)(H,18,20)/b12-9+,13-8-. The van der Waals surface area contributed by atoms with Crippen LogP contribution >= 0.6 is 11.8 Å². The fourth-order valence-electron chi connectivity index (χ4n) is 1.40. The molecule has 0 rings (SSSR count). The van der Waals surface area contributed by atoms with Crippen molar-refractivity contribution in [3.05, 3.63) is 22.0 Å². The SMILES string of the molecule is C/C=C(/CCC(=O)NNC(=O)C(C)(C)C)S/C(C)=C/CC. The number of nitrogens with one attached hydrogen (secondary N) is 2. The maximum atomic E-state index is 11.7. The lowest BCUT2D eigenvalue weighted by Crippen LogP contribution is -2.46. The first kappa shape index (κ1) is 19.8. The Hall–Kier alpha value is -1.23. The molecule has 0 unspecified atom stereocenters. The topological polar surface area (TPSA) is 58.2 Å². The second kappa shape index (κ2) is 9.66. The van der Waals surface area contributed by atoms with E-state index in [-0.39, 0.29) is 11.8 Å². The third-order valence-electron chi connectivity index (χ3n) is 2.70. The van der Waals surface area contributed by atoms with Crippen molar-refractivity contribution >= 4 is 23.6 Å². The van der Waals surface area contributed by atoms with Crippen LogP contribution in [0.3, 0.4) is 0 Å². The van der Waals surface area contributed by atoms with Crippen LogP contribution in [0.15, 0.2) is 22.0 Å². The number of carbonyl (C=O) groups is 2. The second-order valence-corrected chi connectivity index (χ2v) is 7.20. The van der Waals surface area contributed by atoms with Gasteiger partial charge in [-0.2, -0.15) is 0 Å². The molecule has 120 valence electrons. The van der Waals surface area contributed by atoms with E-state index in [1.54, 1.807) is 32.5 Å². The zero-order valence-corrected chi connectivity index (χ0v) is 14.8. The molecule has 0 heterocycles. The van der Waals surface area contributed by atoms with Gasteiger partial charge in [-0.05, 0) is 36.5 Å². The van der Waals surface area contributed by atoms with Gasteiger partial charge in [-0.15, -0.1) is 0 Å². The highest BCUT2D eigenvalue weighted by molar-refractivity contribution is 8.06. The first-order chi connectivity index (χ1) is 9.70. The summed E-state index contributed by atoms with van der Waals surface area (Å²) in [4.78, 5) is 25.8. The number of allylic oxidation sites excluding steroid dienone is 4. The minimum absolute atomic E-state index is 0.176. The number of hydrogen-bond acceptors (Lipinski definition) is 3. The number of amides is 2. The van der Waals surface area contributed by atoms with Crippen LogP contribution in [0.5, 0.6) is 0 Å². The van der Waals surface area contributed by atoms with Crippen LogP contribution in [0.2, 0.25) is 0 Å². The zero-order chi connectivity index (χ0) is 16.5. The molecule has 0 saturated carbocycles. The number of hydrazine groups is 1. The largest absolute Gasteiger partial charge is 0.273 e. The van der Waals surface area contributed by atoms with Crippen molar-refractivity contribution < 1.29 is 9.59 Å². The van der Waals surface area contributed by atoms with E-state index in [0.29, 0.717) is 12.8 Å². The van der Waals surface area contributed by atoms with Gasteiger partial charge < -0.3 is 0 Å². The summed E-state index contributed by atoms with van der Waals surface area (Å²) in [6.45, 7) is 11.5. The van der Waals surface area contributed by atoms with Gasteiger partial charge in [-0.1, -0.05) is 51.6 Å². The molecule has 0 bridgehead atoms. The minimum atomic E-state index is -0.514. The summed E-state index contributed by atoms with van der Waals surface area (Å²) in [6, 6.07) is 0. The van der Waals surface area contributed by atoms with E-state index < -0.39 is 5.41 Å². The lowest BCUT2D eigenvalue weighted by molar-refractivity contribution is -0.133. The van der Waals surface area contributed by atoms with Gasteiger partial charge in [0.2, 0.25) is 11.8 Å². The molecule has 0 radical (unpaired) electrons. The van der Waals surface area contributed by atoms with E-state index in [0.717, 1.165) is 11.3 Å². The van der Waals surface area contributed by atoms with Crippen LogP contribution in [0, 0.1) is 5.41 Å². The molecule has 4 nitrogen and oxygen atoms in total. The molecule has 0 aromatic rings. The van der Waals surface area contributed by atoms with Gasteiger partial charge in [-0.25, -0.2) is 0 Å². The van der Waals surface area contributed by atoms with E-state index in [4.69, 9.17) is 0 Å². The summed E-state index contributed by atoms with van der Waals surface area (Å²) in [5.41, 5.74) is 4.39. The summed E-state index contributed by atoms with van der Waals surface area (Å²) in [5, 5.41) is 0. The minimum Gasteiger partial charge on any atom is -0.273 e. The summed E-state index contributed by atoms with van der Waals surface area (Å²) in [5.74, 6) is -0.372.